The second kappa shape index (κ2) is 10.9. The van der Waals surface area contributed by atoms with Crippen LogP contribution >= 0.6 is 24.0 Å². The van der Waals surface area contributed by atoms with Crippen molar-refractivity contribution in [2.45, 2.75) is 44.9 Å². The molecule has 0 bridgehead atoms. The number of hydrogen-bond acceptors (Lipinski definition) is 3. The topological polar surface area (TPSA) is 82.7 Å². The Kier molecular flexibility index (Phi) is 8.79. The molecular weight excluding hydrogens is 512 g/mol. The number of nitrogens with zero attached hydrogens (tertiary/aromatic N) is 1. The Morgan fingerprint density at radius 3 is 2.35 bits per heavy atom. The van der Waals surface area contributed by atoms with Crippen LogP contribution in [0, 0.1) is 5.82 Å². The van der Waals surface area contributed by atoms with Crippen LogP contribution in [0.3, 0.4) is 0 Å². The molecule has 0 unspecified atom stereocenters. The maximum atomic E-state index is 13.5. The Balaban J connectivity index is 0.00000341. The molecule has 0 spiro atoms. The van der Waals surface area contributed by atoms with E-state index in [4.69, 9.17) is 5.11 Å². The van der Waals surface area contributed by atoms with E-state index in [0.29, 0.717) is 0 Å². The van der Waals surface area contributed by atoms with Crippen molar-refractivity contribution in [2.24, 2.45) is 0 Å². The van der Waals surface area contributed by atoms with Crippen molar-refractivity contribution in [3.05, 3.63) is 66.1 Å². The average Bonchev–Trinajstić information content (AvgIpc) is 3.00. The van der Waals surface area contributed by atoms with Gasteiger partial charge in [0.2, 0.25) is 0 Å². The smallest absolute Gasteiger partial charge is 0.305 e. The summed E-state index contributed by atoms with van der Waals surface area (Å²) in [6, 6.07) is 14.4. The predicted octanol–water partition coefficient (Wildman–Crippen LogP) is 5.25. The van der Waals surface area contributed by atoms with Gasteiger partial charge in [-0.2, -0.15) is 0 Å². The highest BCUT2D eigenvalue weighted by Crippen LogP contribution is 2.38. The number of aliphatic hydroxyl groups is 2. The summed E-state index contributed by atoms with van der Waals surface area (Å²) >= 11 is 0. The number of para-hydroxylation sites is 1. The zero-order chi connectivity index (χ0) is 21.8. The first kappa shape index (κ1) is 25.0. The van der Waals surface area contributed by atoms with Crippen LogP contribution in [0.15, 0.2) is 54.6 Å². The molecule has 2 atom stereocenters. The first-order chi connectivity index (χ1) is 14.3. The summed E-state index contributed by atoms with van der Waals surface area (Å²) in [6.07, 6.45) is 0.727. The summed E-state index contributed by atoms with van der Waals surface area (Å²) < 4.78 is 15.6. The summed E-state index contributed by atoms with van der Waals surface area (Å²) in [5.41, 5.74) is 3.65. The van der Waals surface area contributed by atoms with Gasteiger partial charge >= 0.3 is 5.97 Å². The minimum Gasteiger partial charge on any atom is -0.481 e. The Labute approximate surface area is 197 Å². The third-order valence-corrected chi connectivity index (χ3v) is 5.00. The van der Waals surface area contributed by atoms with E-state index in [1.54, 1.807) is 24.3 Å². The quantitative estimate of drug-likeness (QED) is 0.342. The van der Waals surface area contributed by atoms with Gasteiger partial charge in [-0.1, -0.05) is 36.4 Å². The van der Waals surface area contributed by atoms with Crippen molar-refractivity contribution < 1.29 is 24.5 Å². The fourth-order valence-electron chi connectivity index (χ4n) is 3.77. The van der Waals surface area contributed by atoms with Gasteiger partial charge < -0.3 is 19.9 Å². The van der Waals surface area contributed by atoms with E-state index in [-0.39, 0.29) is 42.3 Å². The minimum atomic E-state index is -1.13. The highest BCUT2D eigenvalue weighted by molar-refractivity contribution is 14.0. The van der Waals surface area contributed by atoms with E-state index < -0.39 is 24.6 Å². The summed E-state index contributed by atoms with van der Waals surface area (Å²) in [5, 5.41) is 29.9. The van der Waals surface area contributed by atoms with E-state index in [9.17, 15) is 19.4 Å². The average molecular weight is 539 g/mol. The summed E-state index contributed by atoms with van der Waals surface area (Å²) in [4.78, 5) is 10.7. The van der Waals surface area contributed by atoms with Crippen LogP contribution in [-0.2, 0) is 4.79 Å². The third-order valence-electron chi connectivity index (χ3n) is 5.00. The maximum Gasteiger partial charge on any atom is 0.305 e. The Morgan fingerprint density at radius 2 is 1.74 bits per heavy atom. The number of carbonyl (C=O) groups is 1. The minimum absolute atomic E-state index is 0. The van der Waals surface area contributed by atoms with Crippen molar-refractivity contribution in [1.29, 1.82) is 0 Å². The number of hydrogen-bond donors (Lipinski definition) is 3. The van der Waals surface area contributed by atoms with Crippen molar-refractivity contribution in [3.63, 3.8) is 0 Å². The number of carboxylic acid groups (broad SMARTS) is 1. The molecule has 166 valence electrons. The summed E-state index contributed by atoms with van der Waals surface area (Å²) in [5.74, 6) is -1.43. The molecule has 0 aliphatic carbocycles. The molecule has 0 fully saturated rings. The number of halogens is 2. The van der Waals surface area contributed by atoms with Crippen LogP contribution in [0.1, 0.15) is 38.4 Å². The zero-order valence-corrected chi connectivity index (χ0v) is 19.7. The molecule has 0 saturated carbocycles. The van der Waals surface area contributed by atoms with Crippen molar-refractivity contribution >= 4 is 46.9 Å². The Bertz CT molecular complexity index is 1060. The molecule has 31 heavy (non-hydrogen) atoms. The molecule has 2 aromatic carbocycles. The number of fused-ring (bicyclic) bond motifs is 1. The molecule has 0 radical (unpaired) electrons. The highest BCUT2D eigenvalue weighted by Gasteiger charge is 2.19. The lowest BCUT2D eigenvalue weighted by molar-refractivity contribution is -0.139. The van der Waals surface area contributed by atoms with Gasteiger partial charge in [0.15, 0.2) is 0 Å². The maximum absolute atomic E-state index is 13.5. The fourth-order valence-corrected chi connectivity index (χ4v) is 3.77. The van der Waals surface area contributed by atoms with E-state index in [0.717, 1.165) is 27.7 Å². The standard InChI is InChI=1S/C24H26FNO4.HI/c1-15(2)26-21-6-4-3-5-20(21)24(16-7-9-17(25)10-8-16)22(26)12-11-18(27)13-19(28)14-23(29)30;/h3-12,15,18-19,27-28H,13-14H2,1-2H3,(H,29,30);1H/b12-11+;/t18-,19-;/m1./s1. The second-order valence-corrected chi connectivity index (χ2v) is 7.66. The van der Waals surface area contributed by atoms with Crippen molar-refractivity contribution in [1.82, 2.24) is 4.57 Å². The zero-order valence-electron chi connectivity index (χ0n) is 17.4. The van der Waals surface area contributed by atoms with E-state index in [1.165, 1.54) is 12.1 Å². The van der Waals surface area contributed by atoms with Crippen LogP contribution < -0.4 is 0 Å². The molecule has 0 aliphatic heterocycles. The van der Waals surface area contributed by atoms with Crippen molar-refractivity contribution in [2.75, 3.05) is 0 Å². The van der Waals surface area contributed by atoms with Crippen LogP contribution in [0.25, 0.3) is 28.1 Å². The van der Waals surface area contributed by atoms with Crippen LogP contribution in [0.2, 0.25) is 0 Å². The normalized spacial score (nSPS) is 13.5. The SMILES string of the molecule is CC(C)n1c(/C=C/[C@@H](O)C[C@@H](O)CC(=O)O)c(-c2ccc(F)cc2)c2ccccc21.I. The van der Waals surface area contributed by atoms with E-state index in [2.05, 4.69) is 18.4 Å². The molecule has 3 rings (SSSR count). The Morgan fingerprint density at radius 1 is 1.10 bits per heavy atom. The van der Waals surface area contributed by atoms with Crippen LogP contribution in [0.4, 0.5) is 4.39 Å². The highest BCUT2D eigenvalue weighted by atomic mass is 127. The van der Waals surface area contributed by atoms with Gasteiger partial charge in [-0.05, 0) is 43.7 Å². The molecule has 5 nitrogen and oxygen atoms in total. The van der Waals surface area contributed by atoms with Gasteiger partial charge in [0.05, 0.1) is 18.6 Å². The molecule has 1 heterocycles. The Hall–Kier alpha value is -2.23. The molecular formula is C24H27FINO4. The van der Waals surface area contributed by atoms with Gasteiger partial charge in [-0.3, -0.25) is 4.79 Å². The van der Waals surface area contributed by atoms with Gasteiger partial charge in [-0.15, -0.1) is 24.0 Å². The fraction of sp³-hybridized carbons (Fsp3) is 0.292. The number of benzene rings is 2. The lowest BCUT2D eigenvalue weighted by atomic mass is 10.0. The number of aliphatic carboxylic acids is 1. The first-order valence-corrected chi connectivity index (χ1v) is 9.93. The van der Waals surface area contributed by atoms with E-state index in [1.807, 2.05) is 24.3 Å². The van der Waals surface area contributed by atoms with E-state index >= 15 is 0 Å². The van der Waals surface area contributed by atoms with Crippen molar-refractivity contribution in [3.8, 4) is 11.1 Å². The second-order valence-electron chi connectivity index (χ2n) is 7.66. The molecule has 3 N–H and O–H groups in total. The number of rotatable bonds is 8. The lowest BCUT2D eigenvalue weighted by Gasteiger charge is -2.15. The molecule has 0 saturated heterocycles. The van der Waals surface area contributed by atoms with Crippen LogP contribution in [0.5, 0.6) is 0 Å². The van der Waals surface area contributed by atoms with Gasteiger partial charge in [0.25, 0.3) is 0 Å². The molecule has 1 aromatic heterocycles. The largest absolute Gasteiger partial charge is 0.481 e. The molecule has 3 aromatic rings. The molecule has 7 heteroatoms. The predicted molar refractivity (Wildman–Crippen MR) is 131 cm³/mol. The van der Waals surface area contributed by atoms with Gasteiger partial charge in [0.1, 0.15) is 5.82 Å². The summed E-state index contributed by atoms with van der Waals surface area (Å²) in [6.45, 7) is 4.12. The first-order valence-electron chi connectivity index (χ1n) is 9.93. The lowest BCUT2D eigenvalue weighted by Crippen LogP contribution is -2.19. The third kappa shape index (κ3) is 5.93. The number of aliphatic hydroxyl groups excluding tert-OH is 2. The number of carboxylic acids is 1. The van der Waals surface area contributed by atoms with Crippen LogP contribution in [-0.4, -0.2) is 38.1 Å². The molecule has 0 aliphatic rings. The number of aromatic nitrogens is 1. The van der Waals surface area contributed by atoms with Gasteiger partial charge in [0, 0.05) is 34.6 Å². The molecule has 0 amide bonds. The van der Waals surface area contributed by atoms with Gasteiger partial charge in [-0.25, -0.2) is 4.39 Å². The summed E-state index contributed by atoms with van der Waals surface area (Å²) in [7, 11) is 0. The monoisotopic (exact) mass is 539 g/mol.